The molecule has 1 fully saturated rings. The molecule has 1 aromatic rings. The van der Waals surface area contributed by atoms with Crippen LogP contribution in [0.2, 0.25) is 0 Å². The fraction of sp³-hybridized carbons (Fsp3) is 0.632. The Bertz CT molecular complexity index is 536. The average molecular weight is 318 g/mol. The molecule has 4 nitrogen and oxygen atoms in total. The molecule has 128 valence electrons. The van der Waals surface area contributed by atoms with E-state index in [9.17, 15) is 4.79 Å². The fourth-order valence-corrected chi connectivity index (χ4v) is 3.25. The van der Waals surface area contributed by atoms with Crippen LogP contribution < -0.4 is 10.6 Å². The van der Waals surface area contributed by atoms with Gasteiger partial charge in [0.05, 0.1) is 0 Å². The van der Waals surface area contributed by atoms with Crippen LogP contribution in [0, 0.1) is 6.92 Å². The Morgan fingerprint density at radius 1 is 1.22 bits per heavy atom. The van der Waals surface area contributed by atoms with Gasteiger partial charge in [-0.05, 0) is 65.0 Å². The zero-order valence-corrected chi connectivity index (χ0v) is 15.0. The first-order valence-corrected chi connectivity index (χ1v) is 8.55. The minimum absolute atomic E-state index is 0.200. The molecule has 1 aromatic carbocycles. The number of ether oxygens (including phenoxy) is 1. The number of alkyl carbamates (subject to hydrolysis) is 1. The summed E-state index contributed by atoms with van der Waals surface area (Å²) in [5.74, 6) is 0. The smallest absolute Gasteiger partial charge is 0.407 e. The Balaban J connectivity index is 1.81. The largest absolute Gasteiger partial charge is 0.444 e. The van der Waals surface area contributed by atoms with Gasteiger partial charge in [-0.25, -0.2) is 4.79 Å². The summed E-state index contributed by atoms with van der Waals surface area (Å²) in [6.07, 6.45) is 2.72. The van der Waals surface area contributed by atoms with E-state index in [4.69, 9.17) is 4.74 Å². The van der Waals surface area contributed by atoms with E-state index in [2.05, 4.69) is 48.7 Å². The van der Waals surface area contributed by atoms with Crippen LogP contribution >= 0.6 is 0 Å². The van der Waals surface area contributed by atoms with Gasteiger partial charge in [0.25, 0.3) is 0 Å². The number of carbonyl (C=O) groups is 1. The second-order valence-corrected chi connectivity index (χ2v) is 7.60. The first kappa shape index (κ1) is 17.8. The van der Waals surface area contributed by atoms with Gasteiger partial charge in [-0.15, -0.1) is 0 Å². The van der Waals surface area contributed by atoms with Crippen molar-refractivity contribution in [2.45, 2.75) is 77.6 Å². The van der Waals surface area contributed by atoms with Gasteiger partial charge in [-0.3, -0.25) is 0 Å². The van der Waals surface area contributed by atoms with Crippen molar-refractivity contribution in [3.05, 3.63) is 35.4 Å². The van der Waals surface area contributed by atoms with Crippen molar-refractivity contribution in [2.24, 2.45) is 0 Å². The van der Waals surface area contributed by atoms with Crippen LogP contribution in [0.3, 0.4) is 0 Å². The van der Waals surface area contributed by atoms with E-state index < -0.39 is 5.60 Å². The topological polar surface area (TPSA) is 50.4 Å². The van der Waals surface area contributed by atoms with E-state index in [0.29, 0.717) is 12.1 Å². The number of benzene rings is 1. The second-order valence-electron chi connectivity index (χ2n) is 7.60. The van der Waals surface area contributed by atoms with Crippen LogP contribution in [-0.2, 0) is 4.74 Å². The third-order valence-electron chi connectivity index (χ3n) is 4.29. The summed E-state index contributed by atoms with van der Waals surface area (Å²) >= 11 is 0. The molecule has 0 radical (unpaired) electrons. The van der Waals surface area contributed by atoms with Gasteiger partial charge in [-0.1, -0.05) is 24.3 Å². The fourth-order valence-electron chi connectivity index (χ4n) is 3.25. The molecule has 23 heavy (non-hydrogen) atoms. The monoisotopic (exact) mass is 318 g/mol. The summed E-state index contributed by atoms with van der Waals surface area (Å²) in [7, 11) is 0. The summed E-state index contributed by atoms with van der Waals surface area (Å²) in [5.41, 5.74) is 2.21. The lowest BCUT2D eigenvalue weighted by molar-refractivity contribution is 0.0505. The number of hydrogen-bond acceptors (Lipinski definition) is 3. The molecule has 0 bridgehead atoms. The lowest BCUT2D eigenvalue weighted by Gasteiger charge is -2.23. The molecular weight excluding hydrogens is 288 g/mol. The molecule has 1 amide bonds. The number of nitrogens with one attached hydrogen (secondary N) is 2. The zero-order valence-electron chi connectivity index (χ0n) is 15.0. The third kappa shape index (κ3) is 5.54. The maximum absolute atomic E-state index is 11.9. The van der Waals surface area contributed by atoms with Gasteiger partial charge < -0.3 is 15.4 Å². The number of rotatable bonds is 4. The third-order valence-corrected chi connectivity index (χ3v) is 4.29. The molecule has 0 heterocycles. The number of carbonyl (C=O) groups excluding carboxylic acids is 1. The number of hydrogen-bond donors (Lipinski definition) is 2. The standard InChI is InChI=1S/C19H30N2O2/c1-13-8-6-7-9-17(13)14(2)20-15-10-11-16(12-15)21-18(22)23-19(3,4)5/h6-9,14-16,20H,10-12H2,1-5H3,(H,21,22)/t14-,15?,16?/m0/s1. The predicted molar refractivity (Wildman–Crippen MR) is 93.5 cm³/mol. The SMILES string of the molecule is Cc1ccccc1[C@H](C)NC1CCC(NC(=O)OC(C)(C)C)C1. The first-order valence-electron chi connectivity index (χ1n) is 8.55. The van der Waals surface area contributed by atoms with E-state index in [-0.39, 0.29) is 12.1 Å². The van der Waals surface area contributed by atoms with Crippen LogP contribution in [-0.4, -0.2) is 23.8 Å². The minimum atomic E-state index is -0.445. The Labute approximate surface area is 140 Å². The maximum Gasteiger partial charge on any atom is 0.407 e. The highest BCUT2D eigenvalue weighted by molar-refractivity contribution is 5.68. The van der Waals surface area contributed by atoms with E-state index in [1.165, 1.54) is 11.1 Å². The molecule has 3 atom stereocenters. The molecule has 1 saturated carbocycles. The summed E-state index contributed by atoms with van der Waals surface area (Å²) in [6.45, 7) is 10.0. The van der Waals surface area contributed by atoms with Crippen molar-refractivity contribution < 1.29 is 9.53 Å². The molecule has 0 spiro atoms. The van der Waals surface area contributed by atoms with Gasteiger partial charge >= 0.3 is 6.09 Å². The maximum atomic E-state index is 11.9. The van der Waals surface area contributed by atoms with E-state index in [0.717, 1.165) is 19.3 Å². The highest BCUT2D eigenvalue weighted by Gasteiger charge is 2.28. The van der Waals surface area contributed by atoms with Crippen molar-refractivity contribution in [3.63, 3.8) is 0 Å². The normalized spacial score (nSPS) is 22.7. The van der Waals surface area contributed by atoms with E-state index >= 15 is 0 Å². The Morgan fingerprint density at radius 3 is 2.52 bits per heavy atom. The molecule has 0 aliphatic heterocycles. The predicted octanol–water partition coefficient (Wildman–Crippen LogP) is 4.09. The van der Waals surface area contributed by atoms with Crippen LogP contribution in [0.15, 0.2) is 24.3 Å². The van der Waals surface area contributed by atoms with E-state index in [1.54, 1.807) is 0 Å². The van der Waals surface area contributed by atoms with Gasteiger partial charge in [0.15, 0.2) is 0 Å². The van der Waals surface area contributed by atoms with Crippen LogP contribution in [0.4, 0.5) is 4.79 Å². The summed E-state index contributed by atoms with van der Waals surface area (Å²) < 4.78 is 5.33. The average Bonchev–Trinajstić information content (AvgIpc) is 2.83. The summed E-state index contributed by atoms with van der Waals surface area (Å²) in [5, 5.41) is 6.68. The lowest BCUT2D eigenvalue weighted by Crippen LogP contribution is -2.39. The minimum Gasteiger partial charge on any atom is -0.444 e. The van der Waals surface area contributed by atoms with Crippen molar-refractivity contribution in [3.8, 4) is 0 Å². The lowest BCUT2D eigenvalue weighted by atomic mass is 10.0. The van der Waals surface area contributed by atoms with Crippen molar-refractivity contribution in [2.75, 3.05) is 0 Å². The summed E-state index contributed by atoms with van der Waals surface area (Å²) in [4.78, 5) is 11.9. The van der Waals surface area contributed by atoms with Crippen LogP contribution in [0.1, 0.15) is 64.1 Å². The Morgan fingerprint density at radius 2 is 1.87 bits per heavy atom. The number of amides is 1. The van der Waals surface area contributed by atoms with Crippen molar-refractivity contribution in [1.29, 1.82) is 0 Å². The van der Waals surface area contributed by atoms with Gasteiger partial charge in [0.2, 0.25) is 0 Å². The quantitative estimate of drug-likeness (QED) is 0.879. The van der Waals surface area contributed by atoms with Gasteiger partial charge in [-0.2, -0.15) is 0 Å². The zero-order chi connectivity index (χ0) is 17.0. The Hall–Kier alpha value is -1.55. The van der Waals surface area contributed by atoms with Gasteiger partial charge in [0, 0.05) is 18.1 Å². The molecule has 2 rings (SSSR count). The molecule has 2 unspecified atom stereocenters. The van der Waals surface area contributed by atoms with Crippen LogP contribution in [0.5, 0.6) is 0 Å². The highest BCUT2D eigenvalue weighted by Crippen LogP contribution is 2.24. The van der Waals surface area contributed by atoms with E-state index in [1.807, 2.05) is 20.8 Å². The van der Waals surface area contributed by atoms with Gasteiger partial charge in [0.1, 0.15) is 5.60 Å². The Kier molecular flexibility index (Phi) is 5.69. The van der Waals surface area contributed by atoms with Crippen LogP contribution in [0.25, 0.3) is 0 Å². The molecule has 2 N–H and O–H groups in total. The molecule has 1 aliphatic rings. The number of aryl methyl sites for hydroxylation is 1. The van der Waals surface area contributed by atoms with Crippen molar-refractivity contribution in [1.82, 2.24) is 10.6 Å². The summed E-state index contributed by atoms with van der Waals surface area (Å²) in [6, 6.07) is 9.44. The molecular formula is C19H30N2O2. The molecule has 4 heteroatoms. The molecule has 0 saturated heterocycles. The molecule has 1 aliphatic carbocycles. The second kappa shape index (κ2) is 7.35. The van der Waals surface area contributed by atoms with Crippen molar-refractivity contribution >= 4 is 6.09 Å². The molecule has 0 aromatic heterocycles. The highest BCUT2D eigenvalue weighted by atomic mass is 16.6. The first-order chi connectivity index (χ1) is 10.7.